The molecule has 0 heterocycles. The van der Waals surface area contributed by atoms with Crippen molar-refractivity contribution < 1.29 is 4.39 Å². The lowest BCUT2D eigenvalue weighted by Crippen LogP contribution is -1.91. The van der Waals surface area contributed by atoms with E-state index in [9.17, 15) is 4.39 Å². The maximum atomic E-state index is 12.8. The maximum absolute atomic E-state index is 12.8. The average molecular weight is 228 g/mol. The van der Waals surface area contributed by atoms with Gasteiger partial charge in [0.2, 0.25) is 0 Å². The van der Waals surface area contributed by atoms with Gasteiger partial charge in [-0.3, -0.25) is 0 Å². The molecule has 0 atom stereocenters. The van der Waals surface area contributed by atoms with Crippen molar-refractivity contribution >= 4 is 0 Å². The minimum Gasteiger partial charge on any atom is -0.207 e. The van der Waals surface area contributed by atoms with Gasteiger partial charge in [0.05, 0.1) is 0 Å². The van der Waals surface area contributed by atoms with Crippen molar-refractivity contribution in [3.63, 3.8) is 0 Å². The third kappa shape index (κ3) is 3.16. The Morgan fingerprint density at radius 2 is 1.29 bits per heavy atom. The third-order valence-corrected chi connectivity index (χ3v) is 2.97. The van der Waals surface area contributed by atoms with Crippen LogP contribution < -0.4 is 0 Å². The molecule has 0 aliphatic rings. The fourth-order valence-corrected chi connectivity index (χ4v) is 1.86. The van der Waals surface area contributed by atoms with Gasteiger partial charge in [-0.05, 0) is 41.2 Å². The van der Waals surface area contributed by atoms with Crippen LogP contribution >= 0.6 is 0 Å². The van der Waals surface area contributed by atoms with Crippen LogP contribution in [-0.4, -0.2) is 0 Å². The van der Waals surface area contributed by atoms with Gasteiger partial charge in [-0.1, -0.05) is 50.2 Å². The monoisotopic (exact) mass is 228 g/mol. The summed E-state index contributed by atoms with van der Waals surface area (Å²) in [5, 5.41) is 0. The Labute approximate surface area is 102 Å². The van der Waals surface area contributed by atoms with Crippen LogP contribution in [0.1, 0.15) is 36.5 Å². The van der Waals surface area contributed by atoms with Gasteiger partial charge in [0.1, 0.15) is 5.82 Å². The summed E-state index contributed by atoms with van der Waals surface area (Å²) >= 11 is 0. The predicted octanol–water partition coefficient (Wildman–Crippen LogP) is 4.54. The maximum Gasteiger partial charge on any atom is 0.123 e. The van der Waals surface area contributed by atoms with Crippen molar-refractivity contribution in [3.05, 3.63) is 71.0 Å². The van der Waals surface area contributed by atoms with Crippen molar-refractivity contribution in [3.8, 4) is 0 Å². The summed E-state index contributed by atoms with van der Waals surface area (Å²) in [5.74, 6) is 0.388. The highest BCUT2D eigenvalue weighted by Crippen LogP contribution is 2.16. The van der Waals surface area contributed by atoms with Crippen LogP contribution in [0.15, 0.2) is 48.5 Å². The highest BCUT2D eigenvalue weighted by Gasteiger charge is 2.00. The minimum atomic E-state index is -0.177. The van der Waals surface area contributed by atoms with Gasteiger partial charge in [0, 0.05) is 0 Å². The van der Waals surface area contributed by atoms with E-state index in [1.165, 1.54) is 23.3 Å². The molecule has 0 aliphatic heterocycles. The number of hydrogen-bond acceptors (Lipinski definition) is 0. The first-order chi connectivity index (χ1) is 8.15. The lowest BCUT2D eigenvalue weighted by atomic mass is 9.99. The van der Waals surface area contributed by atoms with E-state index in [0.29, 0.717) is 5.92 Å². The first-order valence-corrected chi connectivity index (χ1v) is 5.98. The van der Waals surface area contributed by atoms with Crippen LogP contribution in [0.3, 0.4) is 0 Å². The lowest BCUT2D eigenvalue weighted by Gasteiger charge is -2.07. The van der Waals surface area contributed by atoms with Crippen LogP contribution in [-0.2, 0) is 6.42 Å². The van der Waals surface area contributed by atoms with Crippen molar-refractivity contribution in [2.45, 2.75) is 26.2 Å². The van der Waals surface area contributed by atoms with Crippen molar-refractivity contribution in [2.75, 3.05) is 0 Å². The summed E-state index contributed by atoms with van der Waals surface area (Å²) in [6, 6.07) is 15.3. The second-order valence-electron chi connectivity index (χ2n) is 4.70. The molecule has 0 saturated carbocycles. The van der Waals surface area contributed by atoms with Crippen LogP contribution in [0.4, 0.5) is 4.39 Å². The van der Waals surface area contributed by atoms with Gasteiger partial charge in [-0.25, -0.2) is 4.39 Å². The summed E-state index contributed by atoms with van der Waals surface area (Å²) in [6.07, 6.45) is 0.860. The molecule has 1 heteroatoms. The van der Waals surface area contributed by atoms with E-state index in [2.05, 4.69) is 38.1 Å². The summed E-state index contributed by atoms with van der Waals surface area (Å²) in [7, 11) is 0. The smallest absolute Gasteiger partial charge is 0.123 e. The molecule has 88 valence electrons. The highest BCUT2D eigenvalue weighted by molar-refractivity contribution is 5.29. The molecule has 2 aromatic rings. The van der Waals surface area contributed by atoms with Gasteiger partial charge < -0.3 is 0 Å². The number of halogens is 1. The summed E-state index contributed by atoms with van der Waals surface area (Å²) in [6.45, 7) is 4.38. The van der Waals surface area contributed by atoms with Gasteiger partial charge in [-0.15, -0.1) is 0 Å². The topological polar surface area (TPSA) is 0 Å². The molecule has 0 N–H and O–H groups in total. The van der Waals surface area contributed by atoms with Gasteiger partial charge in [-0.2, -0.15) is 0 Å². The zero-order valence-electron chi connectivity index (χ0n) is 10.3. The van der Waals surface area contributed by atoms with Crippen molar-refractivity contribution in [1.82, 2.24) is 0 Å². The van der Waals surface area contributed by atoms with E-state index in [0.717, 1.165) is 12.0 Å². The van der Waals surface area contributed by atoms with E-state index in [-0.39, 0.29) is 5.82 Å². The normalized spacial score (nSPS) is 10.8. The van der Waals surface area contributed by atoms with Crippen LogP contribution in [0.25, 0.3) is 0 Å². The molecule has 0 bridgehead atoms. The first kappa shape index (κ1) is 11.8. The molecule has 17 heavy (non-hydrogen) atoms. The molecule has 0 aliphatic carbocycles. The fourth-order valence-electron chi connectivity index (χ4n) is 1.86. The van der Waals surface area contributed by atoms with E-state index in [1.54, 1.807) is 0 Å². The van der Waals surface area contributed by atoms with E-state index in [4.69, 9.17) is 0 Å². The molecule has 0 radical (unpaired) electrons. The average Bonchev–Trinajstić information content (AvgIpc) is 2.33. The Morgan fingerprint density at radius 3 is 1.76 bits per heavy atom. The summed E-state index contributed by atoms with van der Waals surface area (Å²) in [5.41, 5.74) is 3.76. The zero-order valence-corrected chi connectivity index (χ0v) is 10.3. The Balaban J connectivity index is 2.11. The lowest BCUT2D eigenvalue weighted by molar-refractivity contribution is 0.627. The standard InChI is InChI=1S/C16H17F/c1-12(2)15-7-3-13(4-8-15)11-14-5-9-16(17)10-6-14/h3-10,12H,11H2,1-2H3. The number of hydrogen-bond donors (Lipinski definition) is 0. The fraction of sp³-hybridized carbons (Fsp3) is 0.250. The molecular weight excluding hydrogens is 211 g/mol. The number of rotatable bonds is 3. The molecule has 2 aromatic carbocycles. The second-order valence-corrected chi connectivity index (χ2v) is 4.70. The van der Waals surface area contributed by atoms with Gasteiger partial charge in [0.15, 0.2) is 0 Å². The number of benzene rings is 2. The molecule has 0 spiro atoms. The van der Waals surface area contributed by atoms with Crippen LogP contribution in [0.5, 0.6) is 0 Å². The molecular formula is C16H17F. The van der Waals surface area contributed by atoms with Gasteiger partial charge in [0.25, 0.3) is 0 Å². The Bertz CT molecular complexity index is 466. The van der Waals surface area contributed by atoms with Crippen molar-refractivity contribution in [2.24, 2.45) is 0 Å². The van der Waals surface area contributed by atoms with E-state index >= 15 is 0 Å². The van der Waals surface area contributed by atoms with Crippen LogP contribution in [0, 0.1) is 5.82 Å². The summed E-state index contributed by atoms with van der Waals surface area (Å²) in [4.78, 5) is 0. The highest BCUT2D eigenvalue weighted by atomic mass is 19.1. The van der Waals surface area contributed by atoms with Crippen LogP contribution in [0.2, 0.25) is 0 Å². The van der Waals surface area contributed by atoms with E-state index in [1.807, 2.05) is 12.1 Å². The second kappa shape index (κ2) is 5.13. The summed E-state index contributed by atoms with van der Waals surface area (Å²) < 4.78 is 12.8. The van der Waals surface area contributed by atoms with Gasteiger partial charge >= 0.3 is 0 Å². The predicted molar refractivity (Wildman–Crippen MR) is 69.7 cm³/mol. The molecule has 0 unspecified atom stereocenters. The third-order valence-electron chi connectivity index (χ3n) is 2.97. The quantitative estimate of drug-likeness (QED) is 0.723. The zero-order chi connectivity index (χ0) is 12.3. The first-order valence-electron chi connectivity index (χ1n) is 5.98. The largest absolute Gasteiger partial charge is 0.207 e. The van der Waals surface area contributed by atoms with E-state index < -0.39 is 0 Å². The molecule has 0 aromatic heterocycles. The Kier molecular flexibility index (Phi) is 3.58. The molecule has 2 rings (SSSR count). The minimum absolute atomic E-state index is 0.177. The van der Waals surface area contributed by atoms with Crippen molar-refractivity contribution in [1.29, 1.82) is 0 Å². The SMILES string of the molecule is CC(C)c1ccc(Cc2ccc(F)cc2)cc1. The molecule has 0 fully saturated rings. The Hall–Kier alpha value is -1.63. The molecule has 0 nitrogen and oxygen atoms in total. The molecule has 0 amide bonds. The molecule has 0 saturated heterocycles. The Morgan fingerprint density at radius 1 is 0.824 bits per heavy atom.